The lowest BCUT2D eigenvalue weighted by molar-refractivity contribution is 0.0752. The summed E-state index contributed by atoms with van der Waals surface area (Å²) in [7, 11) is 0. The van der Waals surface area contributed by atoms with Crippen LogP contribution in [0.1, 0.15) is 43.6 Å². The summed E-state index contributed by atoms with van der Waals surface area (Å²) in [5.41, 5.74) is 6.19. The normalized spacial score (nSPS) is 19.0. The van der Waals surface area contributed by atoms with Gasteiger partial charge in [-0.2, -0.15) is 0 Å². The van der Waals surface area contributed by atoms with Gasteiger partial charge in [0, 0.05) is 13.1 Å². The first-order valence-corrected chi connectivity index (χ1v) is 6.98. The molecular formula is C14H20ClN3O. The molecule has 1 aromatic heterocycles. The molecule has 2 heterocycles. The lowest BCUT2D eigenvalue weighted by atomic mass is 9.85. The van der Waals surface area contributed by atoms with Gasteiger partial charge in [-0.05, 0) is 36.8 Å². The first-order chi connectivity index (χ1) is 8.89. The summed E-state index contributed by atoms with van der Waals surface area (Å²) in [6.45, 7) is 5.99. The van der Waals surface area contributed by atoms with Crippen LogP contribution < -0.4 is 5.73 Å². The summed E-state index contributed by atoms with van der Waals surface area (Å²) >= 11 is 6.04. The molecule has 1 saturated heterocycles. The molecule has 0 aliphatic carbocycles. The van der Waals surface area contributed by atoms with E-state index in [1.54, 1.807) is 12.1 Å². The highest BCUT2D eigenvalue weighted by Gasteiger charge is 2.27. The van der Waals surface area contributed by atoms with Gasteiger partial charge >= 0.3 is 0 Å². The maximum atomic E-state index is 12.5. The highest BCUT2D eigenvalue weighted by Crippen LogP contribution is 2.30. The maximum absolute atomic E-state index is 12.5. The molecule has 1 fully saturated rings. The number of hydrogen-bond donors (Lipinski definition) is 1. The first-order valence-electron chi connectivity index (χ1n) is 6.60. The van der Waals surface area contributed by atoms with Crippen LogP contribution in [-0.4, -0.2) is 28.9 Å². The molecule has 0 bridgehead atoms. The fourth-order valence-electron chi connectivity index (χ4n) is 2.38. The Kier molecular flexibility index (Phi) is 3.99. The zero-order valence-electron chi connectivity index (χ0n) is 11.4. The van der Waals surface area contributed by atoms with Gasteiger partial charge in [0.15, 0.2) is 0 Å². The van der Waals surface area contributed by atoms with Crippen LogP contribution in [0.4, 0.5) is 5.82 Å². The Morgan fingerprint density at radius 1 is 1.37 bits per heavy atom. The van der Waals surface area contributed by atoms with Crippen LogP contribution in [0.3, 0.4) is 0 Å². The van der Waals surface area contributed by atoms with E-state index in [0.717, 1.165) is 32.4 Å². The minimum absolute atomic E-state index is 0.116. The predicted molar refractivity (Wildman–Crippen MR) is 77.2 cm³/mol. The number of carbonyl (C=O) groups excluding carboxylic acids is 1. The van der Waals surface area contributed by atoms with Crippen LogP contribution in [0, 0.1) is 5.41 Å². The SMILES string of the molecule is CC1(C)CCCN(C(=O)c2nc(N)ccc2Cl)CC1. The Bertz CT molecular complexity index is 488. The molecule has 5 heteroatoms. The van der Waals surface area contributed by atoms with Crippen molar-refractivity contribution in [3.05, 3.63) is 22.8 Å². The van der Waals surface area contributed by atoms with E-state index in [9.17, 15) is 4.79 Å². The fraction of sp³-hybridized carbons (Fsp3) is 0.571. The molecule has 0 spiro atoms. The van der Waals surface area contributed by atoms with Gasteiger partial charge in [-0.1, -0.05) is 25.4 Å². The predicted octanol–water partition coefficient (Wildman–Crippen LogP) is 2.97. The van der Waals surface area contributed by atoms with Crippen molar-refractivity contribution in [2.75, 3.05) is 18.8 Å². The second kappa shape index (κ2) is 5.37. The molecule has 19 heavy (non-hydrogen) atoms. The van der Waals surface area contributed by atoms with E-state index in [2.05, 4.69) is 18.8 Å². The van der Waals surface area contributed by atoms with Crippen molar-refractivity contribution < 1.29 is 4.79 Å². The van der Waals surface area contributed by atoms with E-state index in [-0.39, 0.29) is 11.6 Å². The van der Waals surface area contributed by atoms with Gasteiger partial charge in [0.05, 0.1) is 5.02 Å². The number of anilines is 1. The van der Waals surface area contributed by atoms with E-state index in [1.807, 2.05) is 4.90 Å². The number of carbonyl (C=O) groups is 1. The topological polar surface area (TPSA) is 59.2 Å². The number of rotatable bonds is 1. The number of pyridine rings is 1. The highest BCUT2D eigenvalue weighted by molar-refractivity contribution is 6.33. The molecule has 2 rings (SSSR count). The average Bonchev–Trinajstić information content (AvgIpc) is 2.52. The maximum Gasteiger partial charge on any atom is 0.274 e. The zero-order chi connectivity index (χ0) is 14.0. The quantitative estimate of drug-likeness (QED) is 0.861. The number of halogens is 1. The van der Waals surface area contributed by atoms with Gasteiger partial charge in [0.25, 0.3) is 5.91 Å². The lowest BCUT2D eigenvalue weighted by Crippen LogP contribution is -2.33. The third-order valence-electron chi connectivity index (χ3n) is 3.70. The third kappa shape index (κ3) is 3.38. The number of nitrogens with zero attached hydrogens (tertiary/aromatic N) is 2. The largest absolute Gasteiger partial charge is 0.384 e. The molecule has 0 saturated carbocycles. The Balaban J connectivity index is 2.17. The number of aromatic nitrogens is 1. The summed E-state index contributed by atoms with van der Waals surface area (Å²) in [6.07, 6.45) is 3.15. The zero-order valence-corrected chi connectivity index (χ0v) is 12.2. The molecule has 4 nitrogen and oxygen atoms in total. The van der Waals surface area contributed by atoms with E-state index in [0.29, 0.717) is 16.3 Å². The molecule has 2 N–H and O–H groups in total. The summed E-state index contributed by atoms with van der Waals surface area (Å²) in [5, 5.41) is 0.364. The molecule has 104 valence electrons. The Morgan fingerprint density at radius 2 is 2.11 bits per heavy atom. The Hall–Kier alpha value is -1.29. The standard InChI is InChI=1S/C14H20ClN3O/c1-14(2)6-3-8-18(9-7-14)13(19)12-10(15)4-5-11(16)17-12/h4-5H,3,6-9H2,1-2H3,(H2,16,17). The van der Waals surface area contributed by atoms with Crippen molar-refractivity contribution in [3.63, 3.8) is 0 Å². The Labute approximate surface area is 118 Å². The van der Waals surface area contributed by atoms with Crippen LogP contribution in [0.25, 0.3) is 0 Å². The molecule has 1 aromatic rings. The van der Waals surface area contributed by atoms with Crippen molar-refractivity contribution >= 4 is 23.3 Å². The van der Waals surface area contributed by atoms with Crippen LogP contribution in [0.5, 0.6) is 0 Å². The van der Waals surface area contributed by atoms with Gasteiger partial charge in [-0.3, -0.25) is 4.79 Å². The molecule has 0 unspecified atom stereocenters. The van der Waals surface area contributed by atoms with Crippen LogP contribution in [0.2, 0.25) is 5.02 Å². The summed E-state index contributed by atoms with van der Waals surface area (Å²) < 4.78 is 0. The van der Waals surface area contributed by atoms with E-state index < -0.39 is 0 Å². The molecule has 1 aliphatic heterocycles. The average molecular weight is 282 g/mol. The fourth-order valence-corrected chi connectivity index (χ4v) is 2.57. The number of hydrogen-bond acceptors (Lipinski definition) is 3. The van der Waals surface area contributed by atoms with Crippen molar-refractivity contribution in [3.8, 4) is 0 Å². The van der Waals surface area contributed by atoms with Crippen LogP contribution in [-0.2, 0) is 0 Å². The van der Waals surface area contributed by atoms with E-state index >= 15 is 0 Å². The van der Waals surface area contributed by atoms with E-state index in [4.69, 9.17) is 17.3 Å². The minimum atomic E-state index is -0.116. The van der Waals surface area contributed by atoms with Gasteiger partial charge in [-0.15, -0.1) is 0 Å². The van der Waals surface area contributed by atoms with Crippen LogP contribution >= 0.6 is 11.6 Å². The lowest BCUT2D eigenvalue weighted by Gasteiger charge is -2.23. The molecule has 0 radical (unpaired) electrons. The monoisotopic (exact) mass is 281 g/mol. The van der Waals surface area contributed by atoms with Gasteiger partial charge in [-0.25, -0.2) is 4.98 Å². The molecule has 1 aliphatic rings. The van der Waals surface area contributed by atoms with Crippen molar-refractivity contribution in [2.24, 2.45) is 5.41 Å². The van der Waals surface area contributed by atoms with Crippen LogP contribution in [0.15, 0.2) is 12.1 Å². The van der Waals surface area contributed by atoms with Crippen molar-refractivity contribution in [2.45, 2.75) is 33.1 Å². The summed E-state index contributed by atoms with van der Waals surface area (Å²) in [5.74, 6) is 0.206. The number of likely N-dealkylation sites (tertiary alicyclic amines) is 1. The summed E-state index contributed by atoms with van der Waals surface area (Å²) in [4.78, 5) is 18.4. The number of nitrogen functional groups attached to an aromatic ring is 1. The third-order valence-corrected chi connectivity index (χ3v) is 4.00. The number of nitrogens with two attached hydrogens (primary N) is 1. The van der Waals surface area contributed by atoms with E-state index in [1.165, 1.54) is 0 Å². The second-order valence-electron chi connectivity index (χ2n) is 5.88. The van der Waals surface area contributed by atoms with Gasteiger partial charge in [0.2, 0.25) is 0 Å². The minimum Gasteiger partial charge on any atom is -0.384 e. The van der Waals surface area contributed by atoms with Crippen molar-refractivity contribution in [1.82, 2.24) is 9.88 Å². The number of amides is 1. The summed E-state index contributed by atoms with van der Waals surface area (Å²) in [6, 6.07) is 3.23. The molecule has 0 aromatic carbocycles. The Morgan fingerprint density at radius 3 is 2.84 bits per heavy atom. The molecule has 0 atom stereocenters. The van der Waals surface area contributed by atoms with Gasteiger partial charge in [0.1, 0.15) is 11.5 Å². The molecule has 1 amide bonds. The highest BCUT2D eigenvalue weighted by atomic mass is 35.5. The molecular weight excluding hydrogens is 262 g/mol. The van der Waals surface area contributed by atoms with Gasteiger partial charge < -0.3 is 10.6 Å². The van der Waals surface area contributed by atoms with Crippen molar-refractivity contribution in [1.29, 1.82) is 0 Å². The smallest absolute Gasteiger partial charge is 0.274 e. The second-order valence-corrected chi connectivity index (χ2v) is 6.28. The first kappa shape index (κ1) is 14.1.